The van der Waals surface area contributed by atoms with Crippen LogP contribution in [-0.4, -0.2) is 73.3 Å². The SMILES string of the molecule is CC1=CCC(C)OC1.CC1CC(=O)C(C)CO1.CC1CC(O)C(C)CO1.[2H][B].[B].[H-].[Na+].[U]. The van der Waals surface area contributed by atoms with Crippen LogP contribution >= 0.6 is 0 Å². The fraction of sp³-hybridized carbons (Fsp3) is 0.857. The Morgan fingerprint density at radius 2 is 1.63 bits per heavy atom. The van der Waals surface area contributed by atoms with Gasteiger partial charge in [0, 0.05) is 66.2 Å². The van der Waals surface area contributed by atoms with Crippen molar-refractivity contribution in [2.45, 2.75) is 85.2 Å². The van der Waals surface area contributed by atoms with Gasteiger partial charge >= 0.3 is 29.6 Å². The summed E-state index contributed by atoms with van der Waals surface area (Å²) in [6, 6.07) is 0. The smallest absolute Gasteiger partial charge is 1.00 e. The van der Waals surface area contributed by atoms with E-state index in [-0.39, 0.29) is 94.7 Å². The summed E-state index contributed by atoms with van der Waals surface area (Å²) in [5, 5.41) is 9.27. The van der Waals surface area contributed by atoms with Gasteiger partial charge in [0.15, 0.2) is 0 Å². The molecule has 3 heterocycles. The molecule has 9 heteroatoms. The summed E-state index contributed by atoms with van der Waals surface area (Å²) in [6.07, 6.45) is 5.42. The van der Waals surface area contributed by atoms with Crippen LogP contribution in [0.15, 0.2) is 11.6 Å². The monoisotopic (exact) mass is 656 g/mol. The summed E-state index contributed by atoms with van der Waals surface area (Å²) >= 11 is 0. The Hall–Kier alpha value is 1.43. The largest absolute Gasteiger partial charge is 1.00 e. The molecule has 30 heavy (non-hydrogen) atoms. The molecule has 0 amide bonds. The van der Waals surface area contributed by atoms with Crippen molar-refractivity contribution in [3.8, 4) is 0 Å². The first kappa shape index (κ1) is 36.0. The molecule has 6 atom stereocenters. The topological polar surface area (TPSA) is 65.0 Å². The van der Waals surface area contributed by atoms with Crippen molar-refractivity contribution in [2.75, 3.05) is 19.8 Å². The number of carbonyl (C=O) groups excluding carboxylic acids is 1. The zero-order chi connectivity index (χ0) is 21.7. The third-order valence-corrected chi connectivity index (χ3v) is 4.94. The van der Waals surface area contributed by atoms with Gasteiger partial charge in [-0.3, -0.25) is 4.79 Å². The maximum atomic E-state index is 10.9. The van der Waals surface area contributed by atoms with Crippen LogP contribution in [-0.2, 0) is 19.0 Å². The van der Waals surface area contributed by atoms with Gasteiger partial charge in [-0.15, -0.1) is 0 Å². The molecule has 0 bridgehead atoms. The van der Waals surface area contributed by atoms with Crippen LogP contribution in [0.25, 0.3) is 0 Å². The van der Waals surface area contributed by atoms with Crippen molar-refractivity contribution < 1.29 is 86.2 Å². The number of hydrogen-bond acceptors (Lipinski definition) is 5. The van der Waals surface area contributed by atoms with Crippen molar-refractivity contribution in [1.82, 2.24) is 0 Å². The predicted octanol–water partition coefficient (Wildman–Crippen LogP) is -0.379. The van der Waals surface area contributed by atoms with Gasteiger partial charge in [0.05, 0.1) is 44.2 Å². The Balaban J connectivity index is -0.000000103. The molecule has 0 aromatic carbocycles. The van der Waals surface area contributed by atoms with Gasteiger partial charge in [0.1, 0.15) is 5.78 Å². The third-order valence-electron chi connectivity index (χ3n) is 4.94. The average Bonchev–Trinajstić information content (AvgIpc) is 2.67. The van der Waals surface area contributed by atoms with Crippen molar-refractivity contribution >= 4 is 22.6 Å². The second-order valence-corrected chi connectivity index (χ2v) is 8.05. The van der Waals surface area contributed by atoms with Crippen LogP contribution in [0.4, 0.5) is 0 Å². The molecule has 2 fully saturated rings. The molecule has 3 aliphatic rings. The third kappa shape index (κ3) is 17.0. The fourth-order valence-corrected chi connectivity index (χ4v) is 2.78. The predicted molar refractivity (Wildman–Crippen MR) is 117 cm³/mol. The van der Waals surface area contributed by atoms with Crippen molar-refractivity contribution in [3.05, 3.63) is 11.6 Å². The average molecular weight is 656 g/mol. The molecule has 0 aliphatic carbocycles. The van der Waals surface area contributed by atoms with Gasteiger partial charge in [-0.05, 0) is 41.9 Å². The van der Waals surface area contributed by atoms with E-state index in [9.17, 15) is 9.90 Å². The van der Waals surface area contributed by atoms with Crippen LogP contribution in [0.5, 0.6) is 0 Å². The van der Waals surface area contributed by atoms with Crippen LogP contribution in [0, 0.1) is 42.9 Å². The Labute approximate surface area is 236 Å². The number of ether oxygens (including phenoxy) is 3. The molecule has 1 N–H and O–H groups in total. The van der Waals surface area contributed by atoms with Crippen molar-refractivity contribution in [1.29, 1.82) is 1.34 Å². The van der Waals surface area contributed by atoms with E-state index in [0.717, 1.165) is 19.4 Å². The van der Waals surface area contributed by atoms with Gasteiger partial charge < -0.3 is 20.7 Å². The molecule has 0 aromatic heterocycles. The van der Waals surface area contributed by atoms with Crippen LogP contribution < -0.4 is 29.6 Å². The minimum absolute atomic E-state index is 0. The standard InChI is InChI=1S/C7H14O2.C7H12O2.C7H12O.BH.B.Na.U.H/c2*1-5-4-9-6(2)3-7(5)8;1-6-3-4-7(2)8-5-6;;;;;/h5-8H,3-4H2,1-2H3;5-6H,3-4H2,1-2H3;3,7H,4-5H2,1-2H3;1H;;;;/q;;;;;+1;;-1/i;;;1D;;;;. The molecule has 5 radical (unpaired) electrons. The first-order valence-corrected chi connectivity index (χ1v) is 9.90. The number of rotatable bonds is 0. The normalized spacial score (nSPS) is 32.7. The molecule has 3 aliphatic heterocycles. The van der Waals surface area contributed by atoms with E-state index in [1.807, 2.05) is 27.7 Å². The number of aliphatic hydroxyl groups is 1. The van der Waals surface area contributed by atoms with E-state index in [2.05, 4.69) is 28.3 Å². The first-order valence-electron chi connectivity index (χ1n) is 10.5. The first-order chi connectivity index (χ1) is 13.2. The minimum atomic E-state index is -0.145. The molecule has 0 spiro atoms. The van der Waals surface area contributed by atoms with E-state index in [1.54, 1.807) is 0 Å². The number of aliphatic hydroxyl groups excluding tert-OH is 1. The summed E-state index contributed by atoms with van der Waals surface area (Å²) < 4.78 is 21.1. The maximum Gasteiger partial charge on any atom is 1.00 e. The van der Waals surface area contributed by atoms with E-state index in [1.165, 1.54) is 5.57 Å². The summed E-state index contributed by atoms with van der Waals surface area (Å²) in [5.41, 5.74) is 1.36. The summed E-state index contributed by atoms with van der Waals surface area (Å²) in [4.78, 5) is 10.9. The molecule has 6 unspecified atom stereocenters. The number of hydrogen-bond donors (Lipinski definition) is 1. The maximum absolute atomic E-state index is 10.9. The minimum Gasteiger partial charge on any atom is -1.00 e. The number of Topliss-reactive ketones (excluding diaryl/α,β-unsaturated/α-hetero) is 1. The Morgan fingerprint density at radius 3 is 2.00 bits per heavy atom. The molecule has 3 rings (SSSR count). The second kappa shape index (κ2) is 21.0. The van der Waals surface area contributed by atoms with E-state index in [4.69, 9.17) is 15.5 Å². The van der Waals surface area contributed by atoms with Gasteiger partial charge in [0.2, 0.25) is 0 Å². The Kier molecular flexibility index (Phi) is 25.2. The molecular weight excluding hydrogens is 615 g/mol. The van der Waals surface area contributed by atoms with Crippen LogP contribution in [0.3, 0.4) is 0 Å². The summed E-state index contributed by atoms with van der Waals surface area (Å²) in [5.74, 6) is 0.788. The quantitative estimate of drug-likeness (QED) is 0.285. The zero-order valence-corrected chi connectivity index (χ0v) is 26.2. The van der Waals surface area contributed by atoms with E-state index < -0.39 is 0 Å². The Morgan fingerprint density at radius 1 is 1.07 bits per heavy atom. The van der Waals surface area contributed by atoms with Gasteiger partial charge in [-0.2, -0.15) is 0 Å². The molecule has 0 aromatic rings. The van der Waals surface area contributed by atoms with Crippen molar-refractivity contribution in [3.63, 3.8) is 0 Å². The van der Waals surface area contributed by atoms with Gasteiger partial charge in [0.25, 0.3) is 0 Å². The summed E-state index contributed by atoms with van der Waals surface area (Å²) in [7, 11) is 3.75. The number of carbonyl (C=O) groups is 1. The molecular formula is C21H40B2NaO5U. The molecule has 165 valence electrons. The second-order valence-electron chi connectivity index (χ2n) is 8.05. The van der Waals surface area contributed by atoms with Gasteiger partial charge in [-0.25, -0.2) is 0 Å². The van der Waals surface area contributed by atoms with E-state index in [0.29, 0.717) is 37.4 Å². The molecule has 0 saturated carbocycles. The molecule has 2 saturated heterocycles. The van der Waals surface area contributed by atoms with Crippen LogP contribution in [0.1, 0.15) is 62.2 Å². The Bertz CT molecular complexity index is 481. The van der Waals surface area contributed by atoms with Gasteiger partial charge in [-0.1, -0.05) is 25.5 Å². The zero-order valence-electron chi connectivity index (χ0n) is 22.0. The number of ketones is 1. The van der Waals surface area contributed by atoms with Crippen LogP contribution in [0.2, 0.25) is 0 Å². The fourth-order valence-electron chi connectivity index (χ4n) is 2.78. The summed E-state index contributed by atoms with van der Waals surface area (Å²) in [6.45, 7) is 14.2. The van der Waals surface area contributed by atoms with E-state index >= 15 is 0 Å². The molecule has 5 nitrogen and oxygen atoms in total. The van der Waals surface area contributed by atoms with Crippen molar-refractivity contribution in [2.24, 2.45) is 11.8 Å².